The molecule has 1 aliphatic rings. The van der Waals surface area contributed by atoms with Gasteiger partial charge in [0.25, 0.3) is 5.91 Å². The summed E-state index contributed by atoms with van der Waals surface area (Å²) in [6.07, 6.45) is 1.75. The topological polar surface area (TPSA) is 33.2 Å². The van der Waals surface area contributed by atoms with Crippen LogP contribution in [0.5, 0.6) is 0 Å². The molecule has 2 heterocycles. The van der Waals surface area contributed by atoms with Crippen molar-refractivity contribution in [2.75, 3.05) is 4.90 Å². The van der Waals surface area contributed by atoms with Gasteiger partial charge in [0.05, 0.1) is 16.3 Å². The van der Waals surface area contributed by atoms with E-state index in [0.29, 0.717) is 14.9 Å². The molecule has 1 aliphatic heterocycles. The zero-order chi connectivity index (χ0) is 18.1. The zero-order valence-corrected chi connectivity index (χ0v) is 15.7. The summed E-state index contributed by atoms with van der Waals surface area (Å²) < 4.78 is 13.5. The van der Waals surface area contributed by atoms with Crippen molar-refractivity contribution < 1.29 is 9.18 Å². The Morgan fingerprint density at radius 1 is 1.08 bits per heavy atom. The van der Waals surface area contributed by atoms with Crippen molar-refractivity contribution in [1.82, 2.24) is 4.98 Å². The van der Waals surface area contributed by atoms with Gasteiger partial charge in [0.2, 0.25) is 0 Å². The third kappa shape index (κ3) is 3.33. The van der Waals surface area contributed by atoms with E-state index in [4.69, 9.17) is 12.2 Å². The Kier molecular flexibility index (Phi) is 4.67. The van der Waals surface area contributed by atoms with E-state index in [1.807, 2.05) is 35.7 Å². The van der Waals surface area contributed by atoms with Gasteiger partial charge in [0.1, 0.15) is 10.8 Å². The minimum atomic E-state index is -0.356. The number of anilines is 1. The van der Waals surface area contributed by atoms with Crippen LogP contribution < -0.4 is 4.90 Å². The summed E-state index contributed by atoms with van der Waals surface area (Å²) in [5.41, 5.74) is 2.46. The lowest BCUT2D eigenvalue weighted by atomic mass is 10.2. The van der Waals surface area contributed by atoms with Gasteiger partial charge in [-0.05, 0) is 30.3 Å². The molecule has 2 aromatic carbocycles. The average molecular weight is 399 g/mol. The number of rotatable bonds is 3. The lowest BCUT2D eigenvalue weighted by Gasteiger charge is -2.13. The largest absolute Gasteiger partial charge is 0.270 e. The van der Waals surface area contributed by atoms with Gasteiger partial charge in [0, 0.05) is 10.9 Å². The molecule has 0 radical (unpaired) electrons. The fourth-order valence-corrected chi connectivity index (χ4v) is 4.60. The van der Waals surface area contributed by atoms with E-state index in [0.717, 1.165) is 16.3 Å². The van der Waals surface area contributed by atoms with Gasteiger partial charge in [-0.1, -0.05) is 54.3 Å². The Balaban J connectivity index is 1.61. The number of amides is 1. The number of thioether (sulfide) groups is 1. The van der Waals surface area contributed by atoms with Crippen LogP contribution in [0.1, 0.15) is 5.01 Å². The first-order valence-corrected chi connectivity index (χ1v) is 9.77. The molecule has 1 amide bonds. The molecule has 1 aromatic heterocycles. The highest BCUT2D eigenvalue weighted by atomic mass is 32.2. The Morgan fingerprint density at radius 3 is 2.54 bits per heavy atom. The minimum absolute atomic E-state index is 0.219. The summed E-state index contributed by atoms with van der Waals surface area (Å²) in [4.78, 5) is 19.2. The molecule has 4 rings (SSSR count). The Bertz CT molecular complexity index is 1010. The number of hydrogen-bond acceptors (Lipinski definition) is 5. The monoisotopic (exact) mass is 398 g/mol. The first-order valence-electron chi connectivity index (χ1n) is 7.66. The smallest absolute Gasteiger partial charge is 0.268 e. The molecule has 0 atom stereocenters. The second kappa shape index (κ2) is 7.11. The summed E-state index contributed by atoms with van der Waals surface area (Å²) in [5, 5.41) is 2.70. The van der Waals surface area contributed by atoms with Gasteiger partial charge in [-0.2, -0.15) is 0 Å². The van der Waals surface area contributed by atoms with Crippen molar-refractivity contribution in [3.8, 4) is 11.3 Å². The van der Waals surface area contributed by atoms with Crippen LogP contribution in [0.15, 0.2) is 64.9 Å². The summed E-state index contributed by atoms with van der Waals surface area (Å²) >= 11 is 8.02. The van der Waals surface area contributed by atoms with Crippen molar-refractivity contribution >= 4 is 57.3 Å². The SMILES string of the molecule is O=C1/C(=C/c2nc(-c3ccccc3)cs2)SC(=S)N1c1ccc(F)cc1. The number of carbonyl (C=O) groups excluding carboxylic acids is 1. The molecule has 0 bridgehead atoms. The van der Waals surface area contributed by atoms with E-state index in [-0.39, 0.29) is 11.7 Å². The van der Waals surface area contributed by atoms with E-state index in [9.17, 15) is 9.18 Å². The van der Waals surface area contributed by atoms with Crippen LogP contribution in [0.4, 0.5) is 10.1 Å². The summed E-state index contributed by atoms with van der Waals surface area (Å²) in [7, 11) is 0. The first kappa shape index (κ1) is 17.1. The van der Waals surface area contributed by atoms with Crippen LogP contribution in [0.25, 0.3) is 17.3 Å². The van der Waals surface area contributed by atoms with Gasteiger partial charge in [-0.3, -0.25) is 9.69 Å². The molecule has 3 aromatic rings. The van der Waals surface area contributed by atoms with Gasteiger partial charge >= 0.3 is 0 Å². The number of hydrogen-bond donors (Lipinski definition) is 0. The highest BCUT2D eigenvalue weighted by Gasteiger charge is 2.33. The predicted octanol–water partition coefficient (Wildman–Crippen LogP) is 5.36. The van der Waals surface area contributed by atoms with E-state index < -0.39 is 0 Å². The Labute approximate surface area is 163 Å². The molecule has 7 heteroatoms. The molecule has 0 unspecified atom stereocenters. The third-order valence-electron chi connectivity index (χ3n) is 3.72. The molecule has 128 valence electrons. The second-order valence-corrected chi connectivity index (χ2v) is 8.00. The van der Waals surface area contributed by atoms with Crippen molar-refractivity contribution in [1.29, 1.82) is 0 Å². The number of carbonyl (C=O) groups is 1. The molecule has 26 heavy (non-hydrogen) atoms. The van der Waals surface area contributed by atoms with Gasteiger partial charge in [-0.15, -0.1) is 11.3 Å². The molecule has 0 N–H and O–H groups in total. The lowest BCUT2D eigenvalue weighted by Crippen LogP contribution is -2.27. The number of halogens is 1. The van der Waals surface area contributed by atoms with Crippen LogP contribution in [0, 0.1) is 5.82 Å². The van der Waals surface area contributed by atoms with E-state index in [1.54, 1.807) is 18.2 Å². The van der Waals surface area contributed by atoms with Crippen LogP contribution >= 0.6 is 35.3 Å². The van der Waals surface area contributed by atoms with E-state index in [1.165, 1.54) is 40.1 Å². The highest BCUT2D eigenvalue weighted by molar-refractivity contribution is 8.27. The first-order chi connectivity index (χ1) is 12.6. The second-order valence-electron chi connectivity index (χ2n) is 5.43. The average Bonchev–Trinajstić information content (AvgIpc) is 3.22. The third-order valence-corrected chi connectivity index (χ3v) is 5.82. The van der Waals surface area contributed by atoms with Crippen molar-refractivity contribution in [2.45, 2.75) is 0 Å². The molecule has 1 saturated heterocycles. The van der Waals surface area contributed by atoms with Crippen LogP contribution in [-0.2, 0) is 4.79 Å². The number of thiocarbonyl (C=S) groups is 1. The Hall–Kier alpha value is -2.35. The van der Waals surface area contributed by atoms with E-state index >= 15 is 0 Å². The standard InChI is InChI=1S/C19H11FN2OS3/c20-13-6-8-14(9-7-13)22-18(23)16(26-19(22)24)10-17-21-15(11-25-17)12-4-2-1-3-5-12/h1-11H/b16-10-. The van der Waals surface area contributed by atoms with Crippen LogP contribution in [0.3, 0.4) is 0 Å². The predicted molar refractivity (Wildman–Crippen MR) is 110 cm³/mol. The summed E-state index contributed by atoms with van der Waals surface area (Å²) in [6, 6.07) is 15.6. The maximum absolute atomic E-state index is 13.1. The highest BCUT2D eigenvalue weighted by Crippen LogP contribution is 2.36. The van der Waals surface area contributed by atoms with Gasteiger partial charge < -0.3 is 0 Å². The summed E-state index contributed by atoms with van der Waals surface area (Å²) in [5.74, 6) is -0.575. The zero-order valence-electron chi connectivity index (χ0n) is 13.3. The molecule has 1 fully saturated rings. The van der Waals surface area contributed by atoms with Gasteiger partial charge in [-0.25, -0.2) is 9.37 Å². The van der Waals surface area contributed by atoms with E-state index in [2.05, 4.69) is 4.98 Å². The molecule has 3 nitrogen and oxygen atoms in total. The van der Waals surface area contributed by atoms with Crippen molar-refractivity contribution in [3.05, 3.63) is 75.7 Å². The molecular weight excluding hydrogens is 387 g/mol. The fraction of sp³-hybridized carbons (Fsp3) is 0. The van der Waals surface area contributed by atoms with Crippen molar-refractivity contribution in [2.24, 2.45) is 0 Å². The number of thiazole rings is 1. The Morgan fingerprint density at radius 2 is 1.81 bits per heavy atom. The molecule has 0 aliphatic carbocycles. The summed E-state index contributed by atoms with van der Waals surface area (Å²) in [6.45, 7) is 0. The number of aromatic nitrogens is 1. The molecule has 0 spiro atoms. The van der Waals surface area contributed by atoms with Gasteiger partial charge in [0.15, 0.2) is 4.32 Å². The maximum atomic E-state index is 13.1. The molecular formula is C19H11FN2OS3. The fourth-order valence-electron chi connectivity index (χ4n) is 2.49. The number of benzene rings is 2. The lowest BCUT2D eigenvalue weighted by molar-refractivity contribution is -0.113. The minimum Gasteiger partial charge on any atom is -0.268 e. The van der Waals surface area contributed by atoms with Crippen molar-refractivity contribution in [3.63, 3.8) is 0 Å². The maximum Gasteiger partial charge on any atom is 0.270 e. The normalized spacial score (nSPS) is 15.9. The van der Waals surface area contributed by atoms with Crippen LogP contribution in [-0.4, -0.2) is 15.2 Å². The molecule has 0 saturated carbocycles. The number of nitrogens with zero attached hydrogens (tertiary/aromatic N) is 2. The quantitative estimate of drug-likeness (QED) is 0.440. The van der Waals surface area contributed by atoms with Crippen LogP contribution in [0.2, 0.25) is 0 Å².